The number of carbonyl (C=O) groups is 1. The van der Waals surface area contributed by atoms with Gasteiger partial charge in [-0.2, -0.15) is 0 Å². The number of thioether (sulfide) groups is 1. The lowest BCUT2D eigenvalue weighted by Gasteiger charge is -2.20. The van der Waals surface area contributed by atoms with Crippen molar-refractivity contribution < 1.29 is 14.1 Å². The molecule has 8 nitrogen and oxygen atoms in total. The Balaban J connectivity index is 1.65. The van der Waals surface area contributed by atoms with Gasteiger partial charge >= 0.3 is 0 Å². The quantitative estimate of drug-likeness (QED) is 0.209. The number of aryl methyl sites for hydroxylation is 1. The molecule has 0 aliphatic carbocycles. The molecule has 0 saturated carbocycles. The Bertz CT molecular complexity index is 1050. The van der Waals surface area contributed by atoms with Crippen molar-refractivity contribution in [1.29, 1.82) is 0 Å². The van der Waals surface area contributed by atoms with Crippen LogP contribution in [0.2, 0.25) is 0 Å². The molecule has 0 unspecified atom stereocenters. The van der Waals surface area contributed by atoms with Crippen LogP contribution in [0.4, 0.5) is 11.4 Å². The van der Waals surface area contributed by atoms with Crippen molar-refractivity contribution in [2.45, 2.75) is 26.0 Å². The molecule has 0 spiro atoms. The summed E-state index contributed by atoms with van der Waals surface area (Å²) in [5.41, 5.74) is 2.64. The van der Waals surface area contributed by atoms with E-state index in [0.29, 0.717) is 11.5 Å². The first kappa shape index (κ1) is 21.5. The van der Waals surface area contributed by atoms with Gasteiger partial charge in [0.2, 0.25) is 5.89 Å². The van der Waals surface area contributed by atoms with E-state index in [1.54, 1.807) is 19.1 Å². The lowest BCUT2D eigenvalue weighted by Crippen LogP contribution is -2.21. The Kier molecular flexibility index (Phi) is 6.83. The van der Waals surface area contributed by atoms with Crippen molar-refractivity contribution in [3.05, 3.63) is 63.7 Å². The summed E-state index contributed by atoms with van der Waals surface area (Å²) in [5, 5.41) is 19.4. The van der Waals surface area contributed by atoms with Crippen molar-refractivity contribution in [2.75, 3.05) is 23.7 Å². The number of hydrogen-bond acceptors (Lipinski definition) is 8. The third-order valence-corrected chi connectivity index (χ3v) is 5.52. The second-order valence-electron chi connectivity index (χ2n) is 6.56. The molecular weight excluding hydrogens is 404 g/mol. The van der Waals surface area contributed by atoms with Crippen molar-refractivity contribution in [1.82, 2.24) is 10.2 Å². The molecule has 0 saturated heterocycles. The number of anilines is 1. The Hall–Kier alpha value is -3.20. The molecule has 0 N–H and O–H groups in total. The Morgan fingerprint density at radius 1 is 1.13 bits per heavy atom. The number of nitro benzene ring substituents is 1. The van der Waals surface area contributed by atoms with Gasteiger partial charge in [-0.1, -0.05) is 23.9 Å². The van der Waals surface area contributed by atoms with Crippen LogP contribution in [0.5, 0.6) is 0 Å². The van der Waals surface area contributed by atoms with Crippen LogP contribution in [-0.2, 0) is 0 Å². The van der Waals surface area contributed by atoms with Crippen LogP contribution in [0.25, 0.3) is 11.5 Å². The van der Waals surface area contributed by atoms with Gasteiger partial charge in [0.1, 0.15) is 0 Å². The second-order valence-corrected chi connectivity index (χ2v) is 7.49. The molecule has 9 heteroatoms. The number of nitro groups is 1. The topological polar surface area (TPSA) is 102 Å². The lowest BCUT2D eigenvalue weighted by atomic mass is 10.1. The van der Waals surface area contributed by atoms with Gasteiger partial charge in [-0.3, -0.25) is 14.9 Å². The van der Waals surface area contributed by atoms with E-state index in [0.717, 1.165) is 36.1 Å². The number of carbonyl (C=O) groups excluding carboxylic acids is 1. The number of hydrogen-bond donors (Lipinski definition) is 0. The van der Waals surface area contributed by atoms with Gasteiger partial charge in [-0.25, -0.2) is 0 Å². The molecule has 30 heavy (non-hydrogen) atoms. The van der Waals surface area contributed by atoms with E-state index >= 15 is 0 Å². The highest BCUT2D eigenvalue weighted by atomic mass is 32.2. The summed E-state index contributed by atoms with van der Waals surface area (Å²) in [5.74, 6) is 0.177. The van der Waals surface area contributed by atoms with E-state index in [4.69, 9.17) is 4.42 Å². The highest BCUT2D eigenvalue weighted by Gasteiger charge is 2.17. The van der Waals surface area contributed by atoms with E-state index in [-0.39, 0.29) is 28.0 Å². The third-order valence-electron chi connectivity index (χ3n) is 4.70. The van der Waals surface area contributed by atoms with Gasteiger partial charge in [0.25, 0.3) is 10.9 Å². The van der Waals surface area contributed by atoms with Crippen molar-refractivity contribution >= 4 is 28.9 Å². The smallest absolute Gasteiger partial charge is 0.277 e. The fraction of sp³-hybridized carbons (Fsp3) is 0.286. The van der Waals surface area contributed by atoms with Crippen LogP contribution in [0, 0.1) is 17.0 Å². The highest BCUT2D eigenvalue weighted by Crippen LogP contribution is 2.26. The Labute approximate surface area is 178 Å². The fourth-order valence-electron chi connectivity index (χ4n) is 2.98. The highest BCUT2D eigenvalue weighted by molar-refractivity contribution is 7.99. The zero-order valence-electron chi connectivity index (χ0n) is 17.0. The first-order valence-electron chi connectivity index (χ1n) is 9.52. The molecule has 0 bridgehead atoms. The zero-order chi connectivity index (χ0) is 21.7. The Morgan fingerprint density at radius 3 is 2.47 bits per heavy atom. The third kappa shape index (κ3) is 4.85. The van der Waals surface area contributed by atoms with Gasteiger partial charge < -0.3 is 9.32 Å². The first-order chi connectivity index (χ1) is 14.4. The van der Waals surface area contributed by atoms with Crippen LogP contribution in [0.15, 0.2) is 52.1 Å². The second kappa shape index (κ2) is 9.53. The van der Waals surface area contributed by atoms with E-state index in [9.17, 15) is 14.9 Å². The largest absolute Gasteiger partial charge is 0.411 e. The van der Waals surface area contributed by atoms with Gasteiger partial charge in [-0.15, -0.1) is 10.2 Å². The molecule has 1 heterocycles. The minimum absolute atomic E-state index is 0.0444. The molecule has 0 aliphatic rings. The van der Waals surface area contributed by atoms with Crippen molar-refractivity contribution in [3.63, 3.8) is 0 Å². The van der Waals surface area contributed by atoms with Crippen LogP contribution >= 0.6 is 11.8 Å². The van der Waals surface area contributed by atoms with Crippen LogP contribution < -0.4 is 4.90 Å². The van der Waals surface area contributed by atoms with Crippen molar-refractivity contribution in [3.8, 4) is 11.5 Å². The SMILES string of the molecule is CCN(CC)c1ccc(-c2nnc(SCC(=O)c3ccc(C)c([N+](=O)[O-])c3)o2)cc1. The average Bonchev–Trinajstić information content (AvgIpc) is 3.22. The zero-order valence-corrected chi connectivity index (χ0v) is 17.8. The van der Waals surface area contributed by atoms with Crippen LogP contribution in [-0.4, -0.2) is 39.7 Å². The molecule has 156 valence electrons. The summed E-state index contributed by atoms with van der Waals surface area (Å²) in [4.78, 5) is 25.2. The summed E-state index contributed by atoms with van der Waals surface area (Å²) < 4.78 is 5.66. The fourth-order valence-corrected chi connectivity index (χ4v) is 3.64. The number of ketones is 1. The maximum atomic E-state index is 12.4. The molecule has 2 aromatic carbocycles. The summed E-state index contributed by atoms with van der Waals surface area (Å²) in [6.45, 7) is 7.70. The number of nitrogens with zero attached hydrogens (tertiary/aromatic N) is 4. The van der Waals surface area contributed by atoms with Gasteiger partial charge in [0.05, 0.1) is 10.7 Å². The predicted molar refractivity (Wildman–Crippen MR) is 116 cm³/mol. The molecule has 1 aromatic heterocycles. The van der Waals surface area contributed by atoms with E-state index in [2.05, 4.69) is 28.9 Å². The molecule has 0 radical (unpaired) electrons. The number of Topliss-reactive ketones (excluding diaryl/α,β-unsaturated/α-hetero) is 1. The molecule has 3 aromatic rings. The van der Waals surface area contributed by atoms with Crippen LogP contribution in [0.1, 0.15) is 29.8 Å². The van der Waals surface area contributed by atoms with Crippen LogP contribution in [0.3, 0.4) is 0 Å². The molecular formula is C21H22N4O4S. The van der Waals surface area contributed by atoms with E-state index < -0.39 is 4.92 Å². The minimum Gasteiger partial charge on any atom is -0.411 e. The maximum Gasteiger partial charge on any atom is 0.277 e. The summed E-state index contributed by atoms with van der Waals surface area (Å²) >= 11 is 1.10. The van der Waals surface area contributed by atoms with E-state index in [1.165, 1.54) is 6.07 Å². The molecule has 0 aliphatic heterocycles. The summed E-state index contributed by atoms with van der Waals surface area (Å²) in [6.07, 6.45) is 0. The molecule has 0 amide bonds. The summed E-state index contributed by atoms with van der Waals surface area (Å²) in [6, 6.07) is 12.3. The molecule has 0 fully saturated rings. The normalized spacial score (nSPS) is 10.8. The average molecular weight is 426 g/mol. The maximum absolute atomic E-state index is 12.4. The lowest BCUT2D eigenvalue weighted by molar-refractivity contribution is -0.385. The molecule has 3 rings (SSSR count). The van der Waals surface area contributed by atoms with Crippen molar-refractivity contribution in [2.24, 2.45) is 0 Å². The Morgan fingerprint density at radius 2 is 1.83 bits per heavy atom. The number of aromatic nitrogens is 2. The van der Waals surface area contributed by atoms with E-state index in [1.807, 2.05) is 24.3 Å². The van der Waals surface area contributed by atoms with Gasteiger partial charge in [0, 0.05) is 41.5 Å². The van der Waals surface area contributed by atoms with Gasteiger partial charge in [-0.05, 0) is 45.0 Å². The monoisotopic (exact) mass is 426 g/mol. The number of rotatable bonds is 9. The standard InChI is InChI=1S/C21H22N4O4S/c1-4-24(5-2)17-10-8-15(9-11-17)20-22-23-21(29-20)30-13-19(26)16-7-6-14(3)18(12-16)25(27)28/h6-12H,4-5,13H2,1-3H3. The number of benzene rings is 2. The predicted octanol–water partition coefficient (Wildman–Crippen LogP) is 4.77. The minimum atomic E-state index is -0.491. The molecule has 0 atom stereocenters. The first-order valence-corrected chi connectivity index (χ1v) is 10.5. The van der Waals surface area contributed by atoms with Gasteiger partial charge in [0.15, 0.2) is 5.78 Å². The summed E-state index contributed by atoms with van der Waals surface area (Å²) in [7, 11) is 0.